The summed E-state index contributed by atoms with van der Waals surface area (Å²) in [4.78, 5) is 14.3. The summed E-state index contributed by atoms with van der Waals surface area (Å²) >= 11 is 0. The highest BCUT2D eigenvalue weighted by atomic mass is 32.3. The van der Waals surface area contributed by atoms with Gasteiger partial charge in [-0.15, -0.1) is 10.8 Å². The number of anilines is 1. The molecule has 4 saturated carbocycles. The monoisotopic (exact) mass is 468 g/mol. The Labute approximate surface area is 196 Å². The van der Waals surface area contributed by atoms with Crippen molar-refractivity contribution in [3.63, 3.8) is 0 Å². The maximum absolute atomic E-state index is 12.5. The molecule has 1 saturated heterocycles. The highest BCUT2D eigenvalue weighted by Crippen LogP contribution is 2.68. The van der Waals surface area contributed by atoms with Gasteiger partial charge >= 0.3 is 6.09 Å². The van der Waals surface area contributed by atoms with Crippen molar-refractivity contribution < 1.29 is 19.0 Å². The van der Waals surface area contributed by atoms with E-state index in [9.17, 15) is 19.0 Å². The molecule has 7 rings (SSSR count). The first-order chi connectivity index (χ1) is 15.8. The van der Waals surface area contributed by atoms with Gasteiger partial charge < -0.3 is 5.11 Å². The second kappa shape index (κ2) is 7.39. The van der Waals surface area contributed by atoms with Crippen molar-refractivity contribution in [3.8, 4) is 0 Å². The van der Waals surface area contributed by atoms with Crippen molar-refractivity contribution in [2.24, 2.45) is 11.8 Å². The first-order valence-corrected chi connectivity index (χ1v) is 13.7. The molecule has 0 aromatic heterocycles. The average molecular weight is 469 g/mol. The van der Waals surface area contributed by atoms with Crippen LogP contribution in [0.5, 0.6) is 0 Å². The molecule has 5 aliphatic rings. The Morgan fingerprint density at radius 3 is 2.48 bits per heavy atom. The summed E-state index contributed by atoms with van der Waals surface area (Å²) in [7, 11) is -2.69. The quantitative estimate of drug-likeness (QED) is 0.505. The number of hydrogen-bond donors (Lipinski definition) is 3. The van der Waals surface area contributed by atoms with Crippen LogP contribution in [0.25, 0.3) is 0 Å². The maximum atomic E-state index is 12.5. The lowest BCUT2D eigenvalue weighted by Crippen LogP contribution is -2.53. The van der Waals surface area contributed by atoms with E-state index >= 15 is 0 Å². The van der Waals surface area contributed by atoms with Crippen LogP contribution >= 0.6 is 10.8 Å². The van der Waals surface area contributed by atoms with Crippen LogP contribution in [0.1, 0.15) is 49.7 Å². The number of benzene rings is 2. The summed E-state index contributed by atoms with van der Waals surface area (Å²) in [5, 5.41) is 10.3. The lowest BCUT2D eigenvalue weighted by atomic mass is 9.65. The standard InChI is InChI=1S/C26H32N2O4S/c29-24(30)27(17-19-5-2-1-3-6-19)26-15-20-13-22(26)16-25(14-20,18-26)21-7-9-23(10-8-21)28-11-4-12-33(28,31)32/h1-3,5-10,20,22,31-32H,4,11-18H2,(H,29,30). The molecule has 3 N–H and O–H groups in total. The number of amides is 1. The second-order valence-electron chi connectivity index (χ2n) is 10.7. The van der Waals surface area contributed by atoms with E-state index in [4.69, 9.17) is 0 Å². The molecule has 0 radical (unpaired) electrons. The van der Waals surface area contributed by atoms with Crippen LogP contribution in [0.4, 0.5) is 10.5 Å². The fourth-order valence-corrected chi connectivity index (χ4v) is 9.36. The van der Waals surface area contributed by atoms with Crippen molar-refractivity contribution in [2.45, 2.75) is 56.0 Å². The van der Waals surface area contributed by atoms with Gasteiger partial charge in [0.2, 0.25) is 0 Å². The fourth-order valence-electron chi connectivity index (χ4n) is 7.74. The lowest BCUT2D eigenvalue weighted by Gasteiger charge is -2.45. The number of hydrogen-bond acceptors (Lipinski definition) is 4. The van der Waals surface area contributed by atoms with Gasteiger partial charge in [-0.3, -0.25) is 18.3 Å². The molecule has 0 spiro atoms. The van der Waals surface area contributed by atoms with Gasteiger partial charge in [-0.05, 0) is 79.0 Å². The molecular formula is C26H32N2O4S. The molecule has 4 aliphatic carbocycles. The van der Waals surface area contributed by atoms with E-state index in [1.165, 1.54) is 5.56 Å². The molecule has 6 nitrogen and oxygen atoms in total. The molecule has 4 unspecified atom stereocenters. The third kappa shape index (κ3) is 3.27. The zero-order valence-corrected chi connectivity index (χ0v) is 19.6. The van der Waals surface area contributed by atoms with Crippen LogP contribution in [-0.2, 0) is 12.0 Å². The zero-order valence-electron chi connectivity index (χ0n) is 18.8. The molecule has 7 heteroatoms. The molecule has 1 aliphatic heterocycles. The fraction of sp³-hybridized carbons (Fsp3) is 0.500. The van der Waals surface area contributed by atoms with Gasteiger partial charge in [0.05, 0.1) is 17.0 Å². The Morgan fingerprint density at radius 2 is 1.82 bits per heavy atom. The average Bonchev–Trinajstić information content (AvgIpc) is 3.36. The smallest absolute Gasteiger partial charge is 0.408 e. The summed E-state index contributed by atoms with van der Waals surface area (Å²) in [6, 6.07) is 18.3. The molecule has 176 valence electrons. The normalized spacial score (nSPS) is 34.5. The number of nitrogens with zero attached hydrogens (tertiary/aromatic N) is 2. The van der Waals surface area contributed by atoms with Crippen LogP contribution in [0.15, 0.2) is 54.6 Å². The highest BCUT2D eigenvalue weighted by Gasteiger charge is 2.67. The number of carboxylic acid groups (broad SMARTS) is 1. The Balaban J connectivity index is 1.30. The van der Waals surface area contributed by atoms with Gasteiger partial charge in [0.15, 0.2) is 0 Å². The van der Waals surface area contributed by atoms with Crippen molar-refractivity contribution in [1.82, 2.24) is 4.90 Å². The molecule has 4 bridgehead atoms. The number of carbonyl (C=O) groups is 1. The molecule has 2 aromatic carbocycles. The van der Waals surface area contributed by atoms with E-state index in [2.05, 4.69) is 12.1 Å². The van der Waals surface area contributed by atoms with Crippen molar-refractivity contribution in [3.05, 3.63) is 65.7 Å². The minimum Gasteiger partial charge on any atom is -0.465 e. The summed E-state index contributed by atoms with van der Waals surface area (Å²) in [6.07, 6.45) is 5.16. The van der Waals surface area contributed by atoms with Gasteiger partial charge in [-0.1, -0.05) is 42.5 Å². The lowest BCUT2D eigenvalue weighted by molar-refractivity contribution is 0.0452. The maximum Gasteiger partial charge on any atom is 0.408 e. The first-order valence-electron chi connectivity index (χ1n) is 12.0. The van der Waals surface area contributed by atoms with Gasteiger partial charge in [0.1, 0.15) is 0 Å². The Hall–Kier alpha value is -2.22. The van der Waals surface area contributed by atoms with E-state index in [1.807, 2.05) is 42.5 Å². The highest BCUT2D eigenvalue weighted by molar-refractivity contribution is 8.25. The summed E-state index contributed by atoms with van der Waals surface area (Å²) in [5.74, 6) is 1.42. The summed E-state index contributed by atoms with van der Waals surface area (Å²) in [5.41, 5.74) is 2.93. The molecule has 33 heavy (non-hydrogen) atoms. The summed E-state index contributed by atoms with van der Waals surface area (Å²) < 4.78 is 22.4. The minimum atomic E-state index is -2.69. The van der Waals surface area contributed by atoms with Crippen LogP contribution < -0.4 is 4.31 Å². The Bertz CT molecular complexity index is 1060. The zero-order chi connectivity index (χ0) is 22.8. The van der Waals surface area contributed by atoms with Crippen molar-refractivity contribution in [1.29, 1.82) is 0 Å². The molecule has 5 fully saturated rings. The van der Waals surface area contributed by atoms with Crippen LogP contribution in [0, 0.1) is 11.8 Å². The molecular weight excluding hydrogens is 436 g/mol. The number of rotatable bonds is 5. The van der Waals surface area contributed by atoms with E-state index < -0.39 is 16.9 Å². The Morgan fingerprint density at radius 1 is 1.06 bits per heavy atom. The first kappa shape index (κ1) is 21.3. The molecule has 4 atom stereocenters. The van der Waals surface area contributed by atoms with Crippen LogP contribution in [0.3, 0.4) is 0 Å². The SMILES string of the molecule is O=C(O)N(Cc1ccccc1)C12CC3CC1CC(c1ccc(N4CCCS4(O)O)cc1)(C3)C2. The Kier molecular flexibility index (Phi) is 4.77. The largest absolute Gasteiger partial charge is 0.465 e. The predicted molar refractivity (Wildman–Crippen MR) is 131 cm³/mol. The van der Waals surface area contributed by atoms with Gasteiger partial charge in [0.25, 0.3) is 0 Å². The van der Waals surface area contributed by atoms with Crippen LogP contribution in [-0.4, -0.2) is 43.0 Å². The van der Waals surface area contributed by atoms with Gasteiger partial charge in [-0.25, -0.2) is 4.79 Å². The van der Waals surface area contributed by atoms with E-state index in [1.54, 1.807) is 9.21 Å². The molecule has 2 aromatic rings. The predicted octanol–water partition coefficient (Wildman–Crippen LogP) is 5.94. The third-order valence-corrected chi connectivity index (χ3v) is 10.8. The van der Waals surface area contributed by atoms with Crippen molar-refractivity contribution >= 4 is 22.6 Å². The van der Waals surface area contributed by atoms with Gasteiger partial charge in [-0.2, -0.15) is 0 Å². The summed E-state index contributed by atoms with van der Waals surface area (Å²) in [6.45, 7) is 1.12. The third-order valence-electron chi connectivity index (χ3n) is 8.83. The van der Waals surface area contributed by atoms with E-state index in [0.29, 0.717) is 30.7 Å². The second-order valence-corrected chi connectivity index (χ2v) is 12.8. The topological polar surface area (TPSA) is 84.2 Å². The van der Waals surface area contributed by atoms with E-state index in [-0.39, 0.29) is 11.0 Å². The minimum absolute atomic E-state index is 0.0160. The molecule has 1 heterocycles. The van der Waals surface area contributed by atoms with Gasteiger partial charge in [0, 0.05) is 13.1 Å². The van der Waals surface area contributed by atoms with E-state index in [0.717, 1.165) is 49.8 Å². The van der Waals surface area contributed by atoms with Crippen molar-refractivity contribution in [2.75, 3.05) is 16.6 Å². The van der Waals surface area contributed by atoms with Crippen LogP contribution in [0.2, 0.25) is 0 Å². The molecule has 1 amide bonds.